The number of hydrogen-bond acceptors (Lipinski definition) is 3. The van der Waals surface area contributed by atoms with E-state index in [-0.39, 0.29) is 5.91 Å². The first-order valence-electron chi connectivity index (χ1n) is 6.56. The maximum absolute atomic E-state index is 12.1. The molecule has 1 aliphatic rings. The highest BCUT2D eigenvalue weighted by atomic mass is 16.1. The molecular weight excluding hydrogens is 226 g/mol. The van der Waals surface area contributed by atoms with Crippen LogP contribution in [0.15, 0.2) is 18.2 Å². The lowest BCUT2D eigenvalue weighted by molar-refractivity contribution is 0.0955. The number of nitrogens with zero attached hydrogens (tertiary/aromatic N) is 1. The van der Waals surface area contributed by atoms with Crippen LogP contribution in [-0.2, 0) is 0 Å². The molecule has 1 saturated heterocycles. The Hall–Kier alpha value is -1.55. The van der Waals surface area contributed by atoms with Gasteiger partial charge in [0.25, 0.3) is 5.91 Å². The van der Waals surface area contributed by atoms with Gasteiger partial charge < -0.3 is 16.0 Å². The van der Waals surface area contributed by atoms with Crippen molar-refractivity contribution in [2.75, 3.05) is 31.1 Å². The molecule has 0 bridgehead atoms. The largest absolute Gasteiger partial charge is 0.371 e. The molecule has 0 radical (unpaired) electrons. The average Bonchev–Trinajstić information content (AvgIpc) is 2.89. The first-order chi connectivity index (χ1) is 8.72. The van der Waals surface area contributed by atoms with Crippen molar-refractivity contribution in [3.05, 3.63) is 29.3 Å². The summed E-state index contributed by atoms with van der Waals surface area (Å²) in [6.45, 7) is 5.08. The molecule has 18 heavy (non-hydrogen) atoms. The van der Waals surface area contributed by atoms with Gasteiger partial charge in [-0.15, -0.1) is 0 Å². The van der Waals surface area contributed by atoms with E-state index in [2.05, 4.69) is 22.3 Å². The van der Waals surface area contributed by atoms with Gasteiger partial charge in [0.2, 0.25) is 0 Å². The molecule has 1 aromatic rings. The van der Waals surface area contributed by atoms with Gasteiger partial charge in [-0.1, -0.05) is 11.6 Å². The van der Waals surface area contributed by atoms with E-state index in [1.165, 1.54) is 12.8 Å². The third-order valence-corrected chi connectivity index (χ3v) is 3.27. The number of amides is 1. The molecular formula is C14H21N3O. The summed E-state index contributed by atoms with van der Waals surface area (Å²) in [4.78, 5) is 14.4. The second-order valence-electron chi connectivity index (χ2n) is 4.76. The van der Waals surface area contributed by atoms with Crippen LogP contribution in [0.25, 0.3) is 0 Å². The average molecular weight is 247 g/mol. The molecule has 1 aromatic carbocycles. The summed E-state index contributed by atoms with van der Waals surface area (Å²) in [6.07, 6.45) is 2.41. The Bertz CT molecular complexity index is 425. The van der Waals surface area contributed by atoms with E-state index in [0.717, 1.165) is 29.9 Å². The van der Waals surface area contributed by atoms with Gasteiger partial charge in [-0.3, -0.25) is 4.79 Å². The zero-order valence-corrected chi connectivity index (χ0v) is 10.9. The number of hydrogen-bond donors (Lipinski definition) is 2. The summed E-state index contributed by atoms with van der Waals surface area (Å²) in [5.41, 5.74) is 8.34. The van der Waals surface area contributed by atoms with Gasteiger partial charge in [-0.2, -0.15) is 0 Å². The number of aryl methyl sites for hydroxylation is 1. The first-order valence-corrected chi connectivity index (χ1v) is 6.56. The monoisotopic (exact) mass is 247 g/mol. The third-order valence-electron chi connectivity index (χ3n) is 3.27. The molecule has 0 aliphatic carbocycles. The van der Waals surface area contributed by atoms with E-state index in [0.29, 0.717) is 13.1 Å². The first kappa shape index (κ1) is 12.9. The van der Waals surface area contributed by atoms with Crippen molar-refractivity contribution in [2.24, 2.45) is 5.73 Å². The number of carbonyl (C=O) groups is 1. The fourth-order valence-electron chi connectivity index (χ4n) is 2.35. The zero-order valence-electron chi connectivity index (χ0n) is 10.9. The van der Waals surface area contributed by atoms with Gasteiger partial charge in [0.1, 0.15) is 0 Å². The van der Waals surface area contributed by atoms with E-state index in [9.17, 15) is 4.79 Å². The summed E-state index contributed by atoms with van der Waals surface area (Å²) in [6, 6.07) is 6.07. The van der Waals surface area contributed by atoms with Crippen molar-refractivity contribution in [2.45, 2.75) is 19.8 Å². The lowest BCUT2D eigenvalue weighted by Crippen LogP contribution is -2.31. The van der Waals surface area contributed by atoms with Gasteiger partial charge in [-0.25, -0.2) is 0 Å². The Morgan fingerprint density at radius 2 is 2.11 bits per heavy atom. The van der Waals surface area contributed by atoms with Crippen molar-refractivity contribution in [3.63, 3.8) is 0 Å². The number of anilines is 1. The Morgan fingerprint density at radius 3 is 2.78 bits per heavy atom. The molecule has 1 amide bonds. The molecule has 98 valence electrons. The fourth-order valence-corrected chi connectivity index (χ4v) is 2.35. The van der Waals surface area contributed by atoms with Crippen LogP contribution in [0.1, 0.15) is 28.8 Å². The number of benzene rings is 1. The predicted molar refractivity (Wildman–Crippen MR) is 74.0 cm³/mol. The Balaban J connectivity index is 2.25. The quantitative estimate of drug-likeness (QED) is 0.842. The topological polar surface area (TPSA) is 58.4 Å². The van der Waals surface area contributed by atoms with Crippen molar-refractivity contribution in [1.29, 1.82) is 0 Å². The van der Waals surface area contributed by atoms with Crippen LogP contribution >= 0.6 is 0 Å². The number of nitrogens with one attached hydrogen (secondary N) is 1. The lowest BCUT2D eigenvalue weighted by atomic mass is 10.1. The highest BCUT2D eigenvalue weighted by Crippen LogP contribution is 2.25. The van der Waals surface area contributed by atoms with Crippen molar-refractivity contribution in [3.8, 4) is 0 Å². The molecule has 1 fully saturated rings. The summed E-state index contributed by atoms with van der Waals surface area (Å²) in [5.74, 6) is -0.0222. The second kappa shape index (κ2) is 5.87. The highest BCUT2D eigenvalue weighted by Gasteiger charge is 2.19. The standard InChI is InChI=1S/C14H21N3O/c1-11-4-5-13(17-8-2-3-9-17)12(10-11)14(18)16-7-6-15/h4-5,10H,2-3,6-9,15H2,1H3,(H,16,18). The Kier molecular flexibility index (Phi) is 4.20. The van der Waals surface area contributed by atoms with Crippen molar-refractivity contribution >= 4 is 11.6 Å². The molecule has 0 aromatic heterocycles. The Morgan fingerprint density at radius 1 is 1.39 bits per heavy atom. The van der Waals surface area contributed by atoms with Crippen LogP contribution in [0.5, 0.6) is 0 Å². The van der Waals surface area contributed by atoms with E-state index >= 15 is 0 Å². The predicted octanol–water partition coefficient (Wildman–Crippen LogP) is 1.28. The molecule has 2 rings (SSSR count). The van der Waals surface area contributed by atoms with Gasteiger partial charge in [0.15, 0.2) is 0 Å². The molecule has 0 saturated carbocycles. The van der Waals surface area contributed by atoms with Crippen LogP contribution in [0.2, 0.25) is 0 Å². The normalized spacial score (nSPS) is 14.9. The van der Waals surface area contributed by atoms with Crippen LogP contribution in [0.4, 0.5) is 5.69 Å². The minimum absolute atomic E-state index is 0.0222. The van der Waals surface area contributed by atoms with Crippen LogP contribution in [-0.4, -0.2) is 32.1 Å². The van der Waals surface area contributed by atoms with Gasteiger partial charge in [0.05, 0.1) is 5.56 Å². The van der Waals surface area contributed by atoms with Crippen LogP contribution < -0.4 is 16.0 Å². The summed E-state index contributed by atoms with van der Waals surface area (Å²) < 4.78 is 0. The highest BCUT2D eigenvalue weighted by molar-refractivity contribution is 6.00. The summed E-state index contributed by atoms with van der Waals surface area (Å²) >= 11 is 0. The van der Waals surface area contributed by atoms with Crippen molar-refractivity contribution in [1.82, 2.24) is 5.32 Å². The molecule has 3 N–H and O–H groups in total. The van der Waals surface area contributed by atoms with Crippen LogP contribution in [0, 0.1) is 6.92 Å². The molecule has 1 aliphatic heterocycles. The van der Waals surface area contributed by atoms with Gasteiger partial charge in [0, 0.05) is 31.9 Å². The van der Waals surface area contributed by atoms with E-state index < -0.39 is 0 Å². The second-order valence-corrected chi connectivity index (χ2v) is 4.76. The number of nitrogens with two attached hydrogens (primary N) is 1. The van der Waals surface area contributed by atoms with E-state index in [4.69, 9.17) is 5.73 Å². The third kappa shape index (κ3) is 2.82. The smallest absolute Gasteiger partial charge is 0.253 e. The number of rotatable bonds is 4. The van der Waals surface area contributed by atoms with Crippen molar-refractivity contribution < 1.29 is 4.79 Å². The summed E-state index contributed by atoms with van der Waals surface area (Å²) in [5, 5.41) is 2.85. The molecule has 0 spiro atoms. The fraction of sp³-hybridized carbons (Fsp3) is 0.500. The molecule has 4 nitrogen and oxygen atoms in total. The molecule has 1 heterocycles. The zero-order chi connectivity index (χ0) is 13.0. The summed E-state index contributed by atoms with van der Waals surface area (Å²) in [7, 11) is 0. The van der Waals surface area contributed by atoms with E-state index in [1.54, 1.807) is 0 Å². The maximum atomic E-state index is 12.1. The molecule has 4 heteroatoms. The number of carbonyl (C=O) groups excluding carboxylic acids is 1. The van der Waals surface area contributed by atoms with Gasteiger partial charge >= 0.3 is 0 Å². The van der Waals surface area contributed by atoms with E-state index in [1.807, 2.05) is 13.0 Å². The SMILES string of the molecule is Cc1ccc(N2CCCC2)c(C(=O)NCCN)c1. The lowest BCUT2D eigenvalue weighted by Gasteiger charge is -2.21. The van der Waals surface area contributed by atoms with Crippen LogP contribution in [0.3, 0.4) is 0 Å². The minimum atomic E-state index is -0.0222. The minimum Gasteiger partial charge on any atom is -0.371 e. The van der Waals surface area contributed by atoms with Gasteiger partial charge in [-0.05, 0) is 31.9 Å². The molecule has 0 atom stereocenters. The maximum Gasteiger partial charge on any atom is 0.253 e. The Labute approximate surface area is 108 Å². The molecule has 0 unspecified atom stereocenters.